The molecule has 1 rings (SSSR count). The second-order valence-electron chi connectivity index (χ2n) is 6.03. The van der Waals surface area contributed by atoms with Gasteiger partial charge in [-0.15, -0.1) is 0 Å². The fourth-order valence-electron chi connectivity index (χ4n) is 2.31. The Balaban J connectivity index is 2.27. The molecule has 0 aliphatic carbocycles. The van der Waals surface area contributed by atoms with E-state index in [1.165, 1.54) is 0 Å². The fourth-order valence-corrected chi connectivity index (χ4v) is 3.16. The van der Waals surface area contributed by atoms with E-state index in [2.05, 4.69) is 24.1 Å². The first-order valence-corrected chi connectivity index (χ1v) is 8.59. The molecule has 0 fully saturated rings. The Bertz CT molecular complexity index is 425. The van der Waals surface area contributed by atoms with Gasteiger partial charge in [-0.3, -0.25) is 9.78 Å². The van der Waals surface area contributed by atoms with Gasteiger partial charge in [0.2, 0.25) is 5.91 Å². The first kappa shape index (κ1) is 18.0. The van der Waals surface area contributed by atoms with Gasteiger partial charge in [0.1, 0.15) is 0 Å². The van der Waals surface area contributed by atoms with Crippen LogP contribution in [0.15, 0.2) is 24.4 Å². The van der Waals surface area contributed by atoms with Crippen LogP contribution in [0.4, 0.5) is 0 Å². The lowest BCUT2D eigenvalue weighted by Crippen LogP contribution is -2.52. The molecule has 21 heavy (non-hydrogen) atoms. The van der Waals surface area contributed by atoms with Gasteiger partial charge in [-0.1, -0.05) is 19.9 Å². The highest BCUT2D eigenvalue weighted by molar-refractivity contribution is 7.98. The molecule has 3 N–H and O–H groups in total. The molecular formula is C16H27N3OS. The van der Waals surface area contributed by atoms with Crippen LogP contribution < -0.4 is 11.1 Å². The molecule has 1 aromatic rings. The summed E-state index contributed by atoms with van der Waals surface area (Å²) < 4.78 is 0. The van der Waals surface area contributed by atoms with Gasteiger partial charge < -0.3 is 11.1 Å². The third kappa shape index (κ3) is 7.48. The van der Waals surface area contributed by atoms with Gasteiger partial charge in [-0.2, -0.15) is 11.8 Å². The highest BCUT2D eigenvalue weighted by Crippen LogP contribution is 2.16. The van der Waals surface area contributed by atoms with Crippen molar-refractivity contribution in [2.45, 2.75) is 44.9 Å². The Morgan fingerprint density at radius 2 is 2.24 bits per heavy atom. The number of rotatable bonds is 9. The van der Waals surface area contributed by atoms with Crippen molar-refractivity contribution in [3.05, 3.63) is 30.1 Å². The van der Waals surface area contributed by atoms with E-state index in [0.29, 0.717) is 18.9 Å². The van der Waals surface area contributed by atoms with E-state index in [1.807, 2.05) is 25.1 Å². The summed E-state index contributed by atoms with van der Waals surface area (Å²) in [5, 5.41) is 3.08. The minimum absolute atomic E-state index is 0.0807. The van der Waals surface area contributed by atoms with Crippen molar-refractivity contribution in [1.82, 2.24) is 10.3 Å². The van der Waals surface area contributed by atoms with E-state index in [-0.39, 0.29) is 11.4 Å². The molecule has 0 aliphatic heterocycles. The number of hydrogen-bond donors (Lipinski definition) is 2. The van der Waals surface area contributed by atoms with Gasteiger partial charge in [-0.25, -0.2) is 0 Å². The molecule has 1 atom stereocenters. The van der Waals surface area contributed by atoms with Crippen molar-refractivity contribution >= 4 is 17.7 Å². The molecule has 1 amide bonds. The van der Waals surface area contributed by atoms with Crippen molar-refractivity contribution in [3.63, 3.8) is 0 Å². The van der Waals surface area contributed by atoms with Gasteiger partial charge in [-0.05, 0) is 31.4 Å². The van der Waals surface area contributed by atoms with Gasteiger partial charge in [0, 0.05) is 36.2 Å². The van der Waals surface area contributed by atoms with E-state index >= 15 is 0 Å². The second kappa shape index (κ2) is 9.05. The number of thioether (sulfide) groups is 1. The Labute approximate surface area is 132 Å². The van der Waals surface area contributed by atoms with Crippen molar-refractivity contribution in [3.8, 4) is 0 Å². The Morgan fingerprint density at radius 3 is 2.81 bits per heavy atom. The zero-order valence-electron chi connectivity index (χ0n) is 13.3. The van der Waals surface area contributed by atoms with E-state index < -0.39 is 0 Å². The zero-order valence-corrected chi connectivity index (χ0v) is 14.1. The van der Waals surface area contributed by atoms with Gasteiger partial charge in [0.25, 0.3) is 0 Å². The monoisotopic (exact) mass is 309 g/mol. The van der Waals surface area contributed by atoms with Crippen molar-refractivity contribution in [2.24, 2.45) is 11.7 Å². The lowest BCUT2D eigenvalue weighted by Gasteiger charge is -2.31. The summed E-state index contributed by atoms with van der Waals surface area (Å²) in [4.78, 5) is 16.3. The van der Waals surface area contributed by atoms with E-state index in [4.69, 9.17) is 5.73 Å². The third-order valence-electron chi connectivity index (χ3n) is 3.20. The molecular weight excluding hydrogens is 282 g/mol. The summed E-state index contributed by atoms with van der Waals surface area (Å²) in [7, 11) is 0. The molecule has 0 radical (unpaired) electrons. The standard InChI is InChI=1S/C16H27N3OS/c1-13(2)10-16(3,12-17)19-15(20)7-9-21-11-14-6-4-5-8-18-14/h4-6,8,13H,7,9-12,17H2,1-3H3,(H,19,20). The second-order valence-corrected chi connectivity index (χ2v) is 7.14. The topological polar surface area (TPSA) is 68.0 Å². The van der Waals surface area contributed by atoms with Crippen LogP contribution in [-0.4, -0.2) is 28.7 Å². The molecule has 1 heterocycles. The van der Waals surface area contributed by atoms with Crippen LogP contribution in [0.1, 0.15) is 39.3 Å². The summed E-state index contributed by atoms with van der Waals surface area (Å²) in [6.07, 6.45) is 3.21. The number of pyridine rings is 1. The molecule has 0 aromatic carbocycles. The lowest BCUT2D eigenvalue weighted by molar-refractivity contribution is -0.122. The predicted molar refractivity (Wildman–Crippen MR) is 90.1 cm³/mol. The number of nitrogens with zero attached hydrogens (tertiary/aromatic N) is 1. The van der Waals surface area contributed by atoms with Gasteiger partial charge in [0.05, 0.1) is 5.69 Å². The van der Waals surface area contributed by atoms with Crippen LogP contribution in [0, 0.1) is 5.92 Å². The number of nitrogens with two attached hydrogens (primary N) is 1. The fraction of sp³-hybridized carbons (Fsp3) is 0.625. The predicted octanol–water partition coefficient (Wildman–Crippen LogP) is 2.58. The first-order chi connectivity index (χ1) is 9.95. The smallest absolute Gasteiger partial charge is 0.221 e. The maximum Gasteiger partial charge on any atom is 0.221 e. The van der Waals surface area contributed by atoms with Crippen molar-refractivity contribution in [1.29, 1.82) is 0 Å². The largest absolute Gasteiger partial charge is 0.350 e. The summed E-state index contributed by atoms with van der Waals surface area (Å²) in [6, 6.07) is 5.89. The molecule has 0 aliphatic rings. The molecule has 0 bridgehead atoms. The minimum atomic E-state index is -0.295. The SMILES string of the molecule is CC(C)CC(C)(CN)NC(=O)CCSCc1ccccn1. The first-order valence-electron chi connectivity index (χ1n) is 7.44. The summed E-state index contributed by atoms with van der Waals surface area (Å²) in [5.41, 5.74) is 6.56. The Hall–Kier alpha value is -1.07. The number of aromatic nitrogens is 1. The maximum atomic E-state index is 12.0. The molecule has 0 spiro atoms. The van der Waals surface area contributed by atoms with Crippen LogP contribution in [0.5, 0.6) is 0 Å². The number of carbonyl (C=O) groups is 1. The number of amides is 1. The molecule has 1 aromatic heterocycles. The molecule has 0 saturated heterocycles. The third-order valence-corrected chi connectivity index (χ3v) is 4.19. The lowest BCUT2D eigenvalue weighted by atomic mass is 9.90. The van der Waals surface area contributed by atoms with Gasteiger partial charge in [0.15, 0.2) is 0 Å². The van der Waals surface area contributed by atoms with E-state index in [9.17, 15) is 4.79 Å². The molecule has 1 unspecified atom stereocenters. The molecule has 118 valence electrons. The van der Waals surface area contributed by atoms with Crippen LogP contribution in [-0.2, 0) is 10.5 Å². The Kier molecular flexibility index (Phi) is 7.75. The minimum Gasteiger partial charge on any atom is -0.350 e. The van der Waals surface area contributed by atoms with Crippen LogP contribution >= 0.6 is 11.8 Å². The van der Waals surface area contributed by atoms with Crippen molar-refractivity contribution < 1.29 is 4.79 Å². The van der Waals surface area contributed by atoms with Crippen LogP contribution in [0.25, 0.3) is 0 Å². The average molecular weight is 309 g/mol. The van der Waals surface area contributed by atoms with Crippen LogP contribution in [0.2, 0.25) is 0 Å². The summed E-state index contributed by atoms with van der Waals surface area (Å²) in [6.45, 7) is 6.77. The Morgan fingerprint density at radius 1 is 1.48 bits per heavy atom. The van der Waals surface area contributed by atoms with E-state index in [0.717, 1.165) is 23.6 Å². The maximum absolute atomic E-state index is 12.0. The van der Waals surface area contributed by atoms with Gasteiger partial charge >= 0.3 is 0 Å². The highest BCUT2D eigenvalue weighted by atomic mass is 32.2. The van der Waals surface area contributed by atoms with E-state index in [1.54, 1.807) is 18.0 Å². The number of carbonyl (C=O) groups excluding carboxylic acids is 1. The highest BCUT2D eigenvalue weighted by Gasteiger charge is 2.25. The number of hydrogen-bond acceptors (Lipinski definition) is 4. The summed E-state index contributed by atoms with van der Waals surface area (Å²) >= 11 is 1.73. The molecule has 5 heteroatoms. The number of nitrogens with one attached hydrogen (secondary N) is 1. The zero-order chi connectivity index (χ0) is 15.7. The normalized spacial score (nSPS) is 14.0. The van der Waals surface area contributed by atoms with Crippen molar-refractivity contribution in [2.75, 3.05) is 12.3 Å². The van der Waals surface area contributed by atoms with Crippen LogP contribution in [0.3, 0.4) is 0 Å². The molecule has 4 nitrogen and oxygen atoms in total. The quantitative estimate of drug-likeness (QED) is 0.688. The summed E-state index contributed by atoms with van der Waals surface area (Å²) in [5.74, 6) is 2.23. The average Bonchev–Trinajstić information content (AvgIpc) is 2.44. The molecule has 0 saturated carbocycles.